The number of rotatable bonds is 7. The first-order chi connectivity index (χ1) is 11.0. The molecule has 128 valence electrons. The van der Waals surface area contributed by atoms with E-state index in [0.29, 0.717) is 24.5 Å². The number of carboxylic acid groups (broad SMARTS) is 1. The molecule has 2 N–H and O–H groups in total. The second-order valence-corrected chi connectivity index (χ2v) is 6.21. The summed E-state index contributed by atoms with van der Waals surface area (Å²) < 4.78 is 11.5. The van der Waals surface area contributed by atoms with Crippen LogP contribution in [0.3, 0.4) is 0 Å². The van der Waals surface area contributed by atoms with E-state index in [1.165, 1.54) is 0 Å². The normalized spacial score (nSPS) is 21.2. The van der Waals surface area contributed by atoms with Gasteiger partial charge in [-0.05, 0) is 43.7 Å². The van der Waals surface area contributed by atoms with Crippen LogP contribution in [-0.4, -0.2) is 40.5 Å². The van der Waals surface area contributed by atoms with Crippen LogP contribution in [0.4, 0.5) is 0 Å². The van der Waals surface area contributed by atoms with Gasteiger partial charge in [0.2, 0.25) is 0 Å². The molecular formula is C17H25NO5. The van der Waals surface area contributed by atoms with Crippen molar-refractivity contribution >= 4 is 5.97 Å². The van der Waals surface area contributed by atoms with E-state index in [1.54, 1.807) is 0 Å². The molecule has 0 bridgehead atoms. The molecule has 0 unspecified atom stereocenters. The number of aliphatic hydroxyl groups is 1. The molecule has 1 saturated carbocycles. The summed E-state index contributed by atoms with van der Waals surface area (Å²) in [6.45, 7) is 4.12. The fourth-order valence-corrected chi connectivity index (χ4v) is 2.75. The fraction of sp³-hybridized carbons (Fsp3) is 0.647. The second kappa shape index (κ2) is 8.15. The number of hydrogen-bond donors (Lipinski definition) is 2. The zero-order valence-corrected chi connectivity index (χ0v) is 13.7. The smallest absolute Gasteiger partial charge is 0.306 e. The summed E-state index contributed by atoms with van der Waals surface area (Å²) in [6.07, 6.45) is 2.73. The maximum absolute atomic E-state index is 11.2. The summed E-state index contributed by atoms with van der Waals surface area (Å²) >= 11 is 0. The van der Waals surface area contributed by atoms with Crippen LogP contribution in [-0.2, 0) is 4.79 Å². The molecule has 0 saturated heterocycles. The van der Waals surface area contributed by atoms with E-state index in [-0.39, 0.29) is 31.2 Å². The highest BCUT2D eigenvalue weighted by atomic mass is 16.5. The van der Waals surface area contributed by atoms with Gasteiger partial charge in [0.25, 0.3) is 5.88 Å². The van der Waals surface area contributed by atoms with Gasteiger partial charge in [-0.25, -0.2) is 4.98 Å². The lowest BCUT2D eigenvalue weighted by Gasteiger charge is -2.27. The molecule has 1 aliphatic rings. The second-order valence-electron chi connectivity index (χ2n) is 6.21. The zero-order valence-electron chi connectivity index (χ0n) is 13.7. The minimum Gasteiger partial charge on any atom is -0.485 e. The third-order valence-electron chi connectivity index (χ3n) is 4.04. The molecule has 1 heterocycles. The number of nitrogens with zero attached hydrogens (tertiary/aromatic N) is 1. The number of aromatic nitrogens is 1. The van der Waals surface area contributed by atoms with Gasteiger partial charge in [0, 0.05) is 5.69 Å². The molecule has 6 heteroatoms. The maximum Gasteiger partial charge on any atom is 0.306 e. The van der Waals surface area contributed by atoms with Crippen molar-refractivity contribution < 1.29 is 24.5 Å². The topological polar surface area (TPSA) is 88.9 Å². The van der Waals surface area contributed by atoms with Crippen LogP contribution in [0, 0.1) is 5.92 Å². The average Bonchev–Trinajstić information content (AvgIpc) is 2.54. The van der Waals surface area contributed by atoms with Gasteiger partial charge in [0.05, 0.1) is 18.6 Å². The minimum atomic E-state index is -0.761. The van der Waals surface area contributed by atoms with E-state index in [2.05, 4.69) is 4.98 Å². The molecule has 6 nitrogen and oxygen atoms in total. The van der Waals surface area contributed by atoms with Crippen molar-refractivity contribution in [2.45, 2.75) is 51.6 Å². The molecule has 0 radical (unpaired) electrons. The molecular weight excluding hydrogens is 298 g/mol. The predicted octanol–water partition coefficient (Wildman–Crippen LogP) is 2.60. The van der Waals surface area contributed by atoms with Crippen molar-refractivity contribution in [3.8, 4) is 11.6 Å². The van der Waals surface area contributed by atoms with Crippen LogP contribution < -0.4 is 9.47 Å². The molecule has 1 fully saturated rings. The maximum atomic E-state index is 11.2. The molecule has 2 atom stereocenters. The fourth-order valence-electron chi connectivity index (χ4n) is 2.75. The van der Waals surface area contributed by atoms with E-state index < -0.39 is 5.97 Å². The van der Waals surface area contributed by atoms with Crippen molar-refractivity contribution in [3.05, 3.63) is 17.8 Å². The van der Waals surface area contributed by atoms with E-state index in [0.717, 1.165) is 18.5 Å². The number of aliphatic carboxylic acids is 1. The molecule has 23 heavy (non-hydrogen) atoms. The van der Waals surface area contributed by atoms with Crippen LogP contribution >= 0.6 is 0 Å². The lowest BCUT2D eigenvalue weighted by molar-refractivity contribution is -0.143. The van der Waals surface area contributed by atoms with Gasteiger partial charge in [-0.2, -0.15) is 0 Å². The van der Waals surface area contributed by atoms with E-state index >= 15 is 0 Å². The third kappa shape index (κ3) is 4.82. The Labute approximate surface area is 136 Å². The molecule has 1 aliphatic carbocycles. The zero-order chi connectivity index (χ0) is 16.8. The lowest BCUT2D eigenvalue weighted by Crippen LogP contribution is -2.29. The Morgan fingerprint density at radius 3 is 2.83 bits per heavy atom. The van der Waals surface area contributed by atoms with Gasteiger partial charge in [-0.3, -0.25) is 4.79 Å². The van der Waals surface area contributed by atoms with Crippen LogP contribution in [0.1, 0.15) is 51.1 Å². The summed E-state index contributed by atoms with van der Waals surface area (Å²) in [5.41, 5.74) is 0.886. The Hall–Kier alpha value is -1.82. The number of ether oxygens (including phenoxy) is 2. The van der Waals surface area contributed by atoms with Crippen LogP contribution in [0.25, 0.3) is 0 Å². The Bertz CT molecular complexity index is 532. The van der Waals surface area contributed by atoms with E-state index in [9.17, 15) is 4.79 Å². The van der Waals surface area contributed by atoms with Crippen molar-refractivity contribution in [2.75, 3.05) is 13.2 Å². The summed E-state index contributed by atoms with van der Waals surface area (Å²) in [7, 11) is 0. The number of hydrogen-bond acceptors (Lipinski definition) is 5. The predicted molar refractivity (Wildman–Crippen MR) is 84.9 cm³/mol. The number of aliphatic hydroxyl groups excluding tert-OH is 1. The quantitative estimate of drug-likeness (QED) is 0.802. The Kier molecular flexibility index (Phi) is 6.21. The molecule has 0 aliphatic heterocycles. The summed E-state index contributed by atoms with van der Waals surface area (Å²) in [5, 5.41) is 18.1. The van der Waals surface area contributed by atoms with Gasteiger partial charge in [-0.1, -0.05) is 13.8 Å². The van der Waals surface area contributed by atoms with Crippen molar-refractivity contribution in [3.63, 3.8) is 0 Å². The Morgan fingerprint density at radius 1 is 1.39 bits per heavy atom. The molecule has 1 aromatic heterocycles. The summed E-state index contributed by atoms with van der Waals surface area (Å²) in [6, 6.07) is 3.71. The van der Waals surface area contributed by atoms with Gasteiger partial charge < -0.3 is 19.7 Å². The first kappa shape index (κ1) is 17.5. The Morgan fingerprint density at radius 2 is 2.17 bits per heavy atom. The van der Waals surface area contributed by atoms with Gasteiger partial charge >= 0.3 is 5.97 Å². The monoisotopic (exact) mass is 323 g/mol. The van der Waals surface area contributed by atoms with Crippen LogP contribution in [0.5, 0.6) is 11.6 Å². The summed E-state index contributed by atoms with van der Waals surface area (Å²) in [4.78, 5) is 15.6. The van der Waals surface area contributed by atoms with Crippen molar-refractivity contribution in [2.24, 2.45) is 5.92 Å². The van der Waals surface area contributed by atoms with Crippen molar-refractivity contribution in [1.82, 2.24) is 4.98 Å². The van der Waals surface area contributed by atoms with Crippen LogP contribution in [0.15, 0.2) is 12.1 Å². The molecule has 0 amide bonds. The SMILES string of the molecule is CC(C)c1ccc(O[C@H]2CCC[C@H](C(=O)O)C2)c(OCCO)n1. The minimum absolute atomic E-state index is 0.0997. The highest BCUT2D eigenvalue weighted by molar-refractivity contribution is 5.70. The highest BCUT2D eigenvalue weighted by Crippen LogP contribution is 2.33. The average molecular weight is 323 g/mol. The number of carboxylic acids is 1. The summed E-state index contributed by atoms with van der Waals surface area (Å²) in [5.74, 6) is 0.0231. The van der Waals surface area contributed by atoms with E-state index in [4.69, 9.17) is 19.7 Å². The van der Waals surface area contributed by atoms with Crippen LogP contribution in [0.2, 0.25) is 0 Å². The first-order valence-corrected chi connectivity index (χ1v) is 8.15. The Balaban J connectivity index is 2.12. The largest absolute Gasteiger partial charge is 0.485 e. The lowest BCUT2D eigenvalue weighted by atomic mass is 9.87. The highest BCUT2D eigenvalue weighted by Gasteiger charge is 2.29. The van der Waals surface area contributed by atoms with E-state index in [1.807, 2.05) is 26.0 Å². The number of pyridine rings is 1. The molecule has 0 spiro atoms. The van der Waals surface area contributed by atoms with Crippen molar-refractivity contribution in [1.29, 1.82) is 0 Å². The van der Waals surface area contributed by atoms with Gasteiger partial charge in [0.15, 0.2) is 5.75 Å². The number of carbonyl (C=O) groups is 1. The third-order valence-corrected chi connectivity index (χ3v) is 4.04. The first-order valence-electron chi connectivity index (χ1n) is 8.15. The molecule has 2 rings (SSSR count). The van der Waals surface area contributed by atoms with Gasteiger partial charge in [-0.15, -0.1) is 0 Å². The standard InChI is InChI=1S/C17H25NO5/c1-11(2)14-6-7-15(16(18-14)22-9-8-19)23-13-5-3-4-12(10-13)17(20)21/h6-7,11-13,19H,3-5,8-10H2,1-2H3,(H,20,21)/t12-,13-/m0/s1. The van der Waals surface area contributed by atoms with Gasteiger partial charge in [0.1, 0.15) is 6.61 Å². The molecule has 1 aromatic rings. The molecule has 0 aromatic carbocycles.